The van der Waals surface area contributed by atoms with Gasteiger partial charge in [-0.25, -0.2) is 4.98 Å². The number of carbonyl (C=O) groups is 18. The van der Waals surface area contributed by atoms with Crippen molar-refractivity contribution in [2.45, 2.75) is 240 Å². The summed E-state index contributed by atoms with van der Waals surface area (Å²) in [5.41, 5.74) is 20.9. The molecule has 4 fully saturated rings. The number of thioether (sulfide) groups is 1. The number of para-hydroxylation sites is 2. The number of carbonyl (C=O) groups excluding carboxylic acids is 16. The molecule has 0 saturated carbocycles. The second-order valence-corrected chi connectivity index (χ2v) is 35.7. The first-order valence-corrected chi connectivity index (χ1v) is 47.1. The third kappa shape index (κ3) is 28.4. The van der Waals surface area contributed by atoms with Crippen LogP contribution < -0.4 is 65.1 Å². The van der Waals surface area contributed by atoms with Gasteiger partial charge in [0.25, 0.3) is 0 Å². The highest BCUT2D eigenvalue weighted by atomic mass is 32.2. The lowest BCUT2D eigenvalue weighted by atomic mass is 9.91. The number of primary amides is 1. The van der Waals surface area contributed by atoms with Crippen LogP contribution in [0.2, 0.25) is 0 Å². The number of phenolic OH excluding ortho intramolecular Hbond substituents is 1. The zero-order valence-corrected chi connectivity index (χ0v) is 77.1. The van der Waals surface area contributed by atoms with E-state index in [1.807, 2.05) is 26.0 Å². The van der Waals surface area contributed by atoms with Crippen molar-refractivity contribution in [1.29, 1.82) is 0 Å². The monoisotopic (exact) mass is 1890 g/mol. The highest BCUT2D eigenvalue weighted by molar-refractivity contribution is 8.00. The van der Waals surface area contributed by atoms with Gasteiger partial charge in [-0.05, 0) is 131 Å². The van der Waals surface area contributed by atoms with Crippen molar-refractivity contribution in [1.82, 2.24) is 92.3 Å². The zero-order valence-electron chi connectivity index (χ0n) is 76.3. The maximum atomic E-state index is 15.8. The van der Waals surface area contributed by atoms with Gasteiger partial charge in [-0.1, -0.05) is 88.1 Å². The highest BCUT2D eigenvalue weighted by Crippen LogP contribution is 2.30. The number of phenols is 1. The Balaban J connectivity index is 1.02. The van der Waals surface area contributed by atoms with E-state index >= 15 is 43.2 Å². The molecule has 3 aromatic heterocycles. The number of benzene rings is 3. The molecule has 0 spiro atoms. The van der Waals surface area contributed by atoms with Gasteiger partial charge in [0.1, 0.15) is 78.3 Å². The molecule has 0 aliphatic carbocycles. The predicted octanol–water partition coefficient (Wildman–Crippen LogP) is -0.415. The number of rotatable bonds is 27. The summed E-state index contributed by atoms with van der Waals surface area (Å²) in [6, 6.07) is 0.379. The molecule has 10 rings (SSSR count). The number of aromatic nitrogens is 4. The number of H-pyrrole nitrogens is 3. The largest absolute Gasteiger partial charge is 0.508 e. The van der Waals surface area contributed by atoms with Crippen LogP contribution in [0.4, 0.5) is 0 Å². The minimum Gasteiger partial charge on any atom is -0.508 e. The minimum atomic E-state index is -1.89. The molecule has 0 unspecified atom stereocenters. The van der Waals surface area contributed by atoms with E-state index in [-0.39, 0.29) is 140 Å². The Kier molecular flexibility index (Phi) is 38.5. The van der Waals surface area contributed by atoms with Gasteiger partial charge < -0.3 is 120 Å². The Morgan fingerprint density at radius 1 is 0.496 bits per heavy atom. The molecular weight excluding hydrogens is 1770 g/mol. The third-order valence-electron chi connectivity index (χ3n) is 25.0. The van der Waals surface area contributed by atoms with Crippen LogP contribution >= 0.6 is 11.8 Å². The van der Waals surface area contributed by atoms with Crippen molar-refractivity contribution in [2.24, 2.45) is 23.1 Å². The SMILES string of the molecule is CCCC[C@H]1C(=O)N(C)[C@@H](CCCC)C(=O)N[C@@H](CCCN)C(=O)N[C@H](C(=O)NCC(N)=O)CSCC(=O)N[C@@H](Cc2ccc(O)cc2)C(=O)N2CCC[C@H]2C(=O)N[C@@H](CC(=O)O)C(=O)N2CCC[C@H]2C(=O)N[C@@H](Cc2c[nH]cn2)C(=O)N[C@@H](CCC(=O)O)C(=O)N2CCC[C@H]2C(=O)N[C@@H](Cc2c[nH]c3ccccc23)C(=O)C[C@@H](CCN)C(=O)N[C@@H](Cc2c[nH]c3ccccc23)C(=O)N1C. The predicted molar refractivity (Wildman–Crippen MR) is 494 cm³/mol. The maximum Gasteiger partial charge on any atom is 0.305 e. The lowest BCUT2D eigenvalue weighted by Gasteiger charge is -2.36. The number of imidazole rings is 1. The third-order valence-corrected chi connectivity index (χ3v) is 26.1. The summed E-state index contributed by atoms with van der Waals surface area (Å²) in [6.07, 6.45) is 4.22. The number of Topliss-reactive ketones (excluding diaryl/α,β-unsaturated/α-hetero) is 1. The van der Waals surface area contributed by atoms with Gasteiger partial charge in [-0.3, -0.25) is 86.3 Å². The number of fused-ring (bicyclic) bond motifs is 5. The Morgan fingerprint density at radius 2 is 1.01 bits per heavy atom. The summed E-state index contributed by atoms with van der Waals surface area (Å²) in [7, 11) is 2.78. The molecule has 21 N–H and O–H groups in total. The number of carboxylic acid groups (broad SMARTS) is 2. The standard InChI is InChI=1S/C92H125N21O21S/c1-5-7-22-70-84(126)102-62(21-13-34-93)82(124)108-69(81(123)99-48-76(95)116)49-135-50-77(117)101-66(39-52-27-29-57(114)30-28-52)90(132)112-37-16-26-73(112)87(129)107-68(44-79(120)121)91(133)113-38-15-25-72(113)86(128)105-65(43-56-47-96-51-100-56)83(125)103-63(31-32-78(118)119)89(131)111-36-14-24-71(111)85(127)104-64(40-54-45-97-60-19-11-9-17-58(54)60)75(115)42-53(33-35-94)80(122)106-67(41-55-46-98-61-20-12-10-18-59(55)61)88(130)110(4)74(23-8-6-2)92(134)109(70)3/h9-12,17-20,27-30,45-47,51,53,62-74,97-98,114H,5-8,13-16,21-26,31-44,48-50,93-94H2,1-4H3,(H2,95,116)(H,96,100)(H,99,123)(H,101,117)(H,102,126)(H,103,125)(H,104,127)(H,105,128)(H,106,122)(H,107,129)(H,108,124)(H,118,119)(H,120,121)/t53-,62+,63+,64+,65+,66+,67+,68+,69+,70+,71+,72+,73+,74+/m1/s1. The second kappa shape index (κ2) is 50.1. The first kappa shape index (κ1) is 104. The second-order valence-electron chi connectivity index (χ2n) is 34.7. The number of nitrogens with two attached hydrogens (primary N) is 3. The number of likely N-dealkylation sites (N-methyl/N-ethyl adjacent to an activating group) is 2. The molecule has 730 valence electrons. The number of aromatic hydroxyl groups is 1. The van der Waals surface area contributed by atoms with Gasteiger partial charge in [-0.2, -0.15) is 0 Å². The molecule has 6 aromatic rings. The molecule has 4 aliphatic rings. The van der Waals surface area contributed by atoms with Crippen LogP contribution in [-0.2, 0) is 112 Å². The molecular formula is C92H125N21O21S. The van der Waals surface area contributed by atoms with E-state index in [1.54, 1.807) is 48.8 Å². The quantitative estimate of drug-likeness (QED) is 0.0311. The van der Waals surface area contributed by atoms with Crippen LogP contribution in [-0.4, -0.2) is 309 Å². The summed E-state index contributed by atoms with van der Waals surface area (Å²) in [4.78, 5) is 283. The fraction of sp³-hybridized carbons (Fsp3) is 0.533. The van der Waals surface area contributed by atoms with Crippen LogP contribution in [0, 0.1) is 5.92 Å². The van der Waals surface area contributed by atoms with E-state index in [2.05, 4.69) is 67.8 Å². The molecule has 135 heavy (non-hydrogen) atoms. The fourth-order valence-corrected chi connectivity index (χ4v) is 18.6. The van der Waals surface area contributed by atoms with Crippen LogP contribution in [0.25, 0.3) is 21.8 Å². The van der Waals surface area contributed by atoms with Crippen LogP contribution in [0.3, 0.4) is 0 Å². The van der Waals surface area contributed by atoms with Crippen molar-refractivity contribution in [3.63, 3.8) is 0 Å². The number of unbranched alkanes of at least 4 members (excludes halogenated alkanes) is 2. The smallest absolute Gasteiger partial charge is 0.305 e. The number of carboxylic acids is 2. The number of aliphatic carboxylic acids is 2. The Morgan fingerprint density at radius 3 is 1.56 bits per heavy atom. The normalized spacial score (nSPS) is 24.7. The molecule has 42 nitrogen and oxygen atoms in total. The summed E-state index contributed by atoms with van der Waals surface area (Å²) in [6.45, 7) is 2.48. The molecule has 14 atom stereocenters. The topological polar surface area (TPSA) is 631 Å². The number of hydrogen-bond donors (Lipinski definition) is 18. The lowest BCUT2D eigenvalue weighted by molar-refractivity contribution is -0.149. The number of amides is 15. The fourth-order valence-electron chi connectivity index (χ4n) is 17.7. The number of nitrogens with one attached hydrogen (secondary N) is 12. The highest BCUT2D eigenvalue weighted by Gasteiger charge is 2.47. The van der Waals surface area contributed by atoms with Gasteiger partial charge in [0, 0.05) is 124 Å². The molecule has 7 heterocycles. The van der Waals surface area contributed by atoms with E-state index in [9.17, 15) is 58.5 Å². The van der Waals surface area contributed by atoms with Crippen LogP contribution in [0.5, 0.6) is 5.75 Å². The molecule has 4 aliphatic heterocycles. The van der Waals surface area contributed by atoms with Gasteiger partial charge in [-0.15, -0.1) is 11.8 Å². The number of ketones is 1. The summed E-state index contributed by atoms with van der Waals surface area (Å²) >= 11 is 0.788. The van der Waals surface area contributed by atoms with Gasteiger partial charge in [0.05, 0.1) is 36.8 Å². The molecule has 3 aromatic carbocycles. The van der Waals surface area contributed by atoms with E-state index in [1.165, 1.54) is 60.7 Å². The van der Waals surface area contributed by atoms with Crippen LogP contribution in [0.1, 0.15) is 158 Å². The van der Waals surface area contributed by atoms with Crippen molar-refractivity contribution in [3.8, 4) is 5.75 Å². The van der Waals surface area contributed by atoms with Crippen molar-refractivity contribution < 1.29 is 102 Å². The van der Waals surface area contributed by atoms with E-state index in [0.717, 1.165) is 26.5 Å². The van der Waals surface area contributed by atoms with Gasteiger partial charge in [0.15, 0.2) is 5.78 Å². The number of nitrogens with zero attached hydrogens (tertiary/aromatic N) is 6. The van der Waals surface area contributed by atoms with Crippen molar-refractivity contribution in [2.75, 3.05) is 64.9 Å². The Labute approximate surface area is 783 Å². The average molecular weight is 1890 g/mol. The zero-order chi connectivity index (χ0) is 97.7. The molecule has 0 bridgehead atoms. The van der Waals surface area contributed by atoms with E-state index in [0.29, 0.717) is 64.2 Å². The molecule has 4 saturated heterocycles. The molecule has 0 radical (unpaired) electrons. The summed E-state index contributed by atoms with van der Waals surface area (Å²) in [5.74, 6) is -19.4. The lowest BCUT2D eigenvalue weighted by Crippen LogP contribution is -2.60. The van der Waals surface area contributed by atoms with Crippen molar-refractivity contribution in [3.05, 3.63) is 120 Å². The Hall–Kier alpha value is -13.3. The molecule has 15 amide bonds. The summed E-state index contributed by atoms with van der Waals surface area (Å²) in [5, 5.41) is 56.2. The average Bonchev–Trinajstić information content (AvgIpc) is 1.74. The number of hydrogen-bond acceptors (Lipinski definition) is 23. The van der Waals surface area contributed by atoms with E-state index in [4.69, 9.17) is 17.2 Å². The summed E-state index contributed by atoms with van der Waals surface area (Å²) < 4.78 is 0. The Bertz CT molecular complexity index is 5220. The van der Waals surface area contributed by atoms with E-state index < -0.39 is 235 Å². The minimum absolute atomic E-state index is 0.00331. The number of aromatic amines is 3. The van der Waals surface area contributed by atoms with Gasteiger partial charge >= 0.3 is 11.9 Å². The molecule has 43 heteroatoms. The van der Waals surface area contributed by atoms with Crippen LogP contribution in [0.15, 0.2) is 97.7 Å². The first-order valence-electron chi connectivity index (χ1n) is 45.9. The first-order chi connectivity index (χ1) is 64.7. The van der Waals surface area contributed by atoms with Crippen molar-refractivity contribution >= 4 is 140 Å². The maximum absolute atomic E-state index is 15.8. The van der Waals surface area contributed by atoms with Gasteiger partial charge in [0.2, 0.25) is 88.6 Å².